The molecule has 172 valence electrons. The molecule has 0 saturated heterocycles. The summed E-state index contributed by atoms with van der Waals surface area (Å²) >= 11 is 0. The van der Waals surface area contributed by atoms with E-state index in [0.29, 0.717) is 17.1 Å². The molecule has 7 heteroatoms. The first-order valence-electron chi connectivity index (χ1n) is 10.9. The van der Waals surface area contributed by atoms with Gasteiger partial charge < -0.3 is 10.1 Å². The largest absolute Gasteiger partial charge is 0.407 e. The third-order valence-electron chi connectivity index (χ3n) is 5.21. The summed E-state index contributed by atoms with van der Waals surface area (Å²) in [6.07, 6.45) is 0. The molecule has 4 rings (SSSR count). The Bertz CT molecular complexity index is 1330. The van der Waals surface area contributed by atoms with E-state index in [-0.39, 0.29) is 11.5 Å². The summed E-state index contributed by atoms with van der Waals surface area (Å²) in [4.78, 5) is 24.4. The van der Waals surface area contributed by atoms with Crippen molar-refractivity contribution >= 4 is 17.6 Å². The van der Waals surface area contributed by atoms with Gasteiger partial charge in [-0.05, 0) is 47.9 Å². The van der Waals surface area contributed by atoms with Crippen molar-refractivity contribution in [1.29, 1.82) is 0 Å². The number of carbonyl (C=O) groups excluding carboxylic acids is 2. The molecule has 4 aromatic rings. The standard InChI is InChI=1S/C27H24FN3O3/c1-17(2)25-24(27(34-18(3)32)31(30-25)21-9-5-4-6-10-21)19-13-15-20(16-14-19)29-26(33)22-11-7-8-12-23(22)28/h4-17H,1-3H3,(H,29,33). The SMILES string of the molecule is CC(=O)Oc1c(-c2ccc(NC(=O)c3ccccc3F)cc2)c(C(C)C)nn1-c1ccccc1. The van der Waals surface area contributed by atoms with Crippen LogP contribution in [0.3, 0.4) is 0 Å². The maximum Gasteiger partial charge on any atom is 0.309 e. The van der Waals surface area contributed by atoms with Crippen LogP contribution in [0.2, 0.25) is 0 Å². The number of anilines is 1. The molecule has 3 aromatic carbocycles. The molecule has 0 spiro atoms. The average molecular weight is 458 g/mol. The quantitative estimate of drug-likeness (QED) is 0.362. The van der Waals surface area contributed by atoms with E-state index >= 15 is 0 Å². The predicted molar refractivity (Wildman–Crippen MR) is 129 cm³/mol. The average Bonchev–Trinajstić information content (AvgIpc) is 3.19. The Balaban J connectivity index is 1.73. The van der Waals surface area contributed by atoms with Crippen LogP contribution in [0.1, 0.15) is 42.7 Å². The zero-order valence-corrected chi connectivity index (χ0v) is 19.1. The summed E-state index contributed by atoms with van der Waals surface area (Å²) in [7, 11) is 0. The molecule has 1 amide bonds. The topological polar surface area (TPSA) is 73.2 Å². The molecule has 0 bridgehead atoms. The number of nitrogens with one attached hydrogen (secondary N) is 1. The Kier molecular flexibility index (Phi) is 6.54. The fourth-order valence-electron chi connectivity index (χ4n) is 3.63. The van der Waals surface area contributed by atoms with Gasteiger partial charge in [-0.1, -0.05) is 56.3 Å². The number of aromatic nitrogens is 2. The monoisotopic (exact) mass is 457 g/mol. The number of para-hydroxylation sites is 1. The Morgan fingerprint density at radius 2 is 1.59 bits per heavy atom. The van der Waals surface area contributed by atoms with Gasteiger partial charge in [-0.25, -0.2) is 4.39 Å². The number of ether oxygens (including phenoxy) is 1. The van der Waals surface area contributed by atoms with Gasteiger partial charge in [0.25, 0.3) is 5.91 Å². The first kappa shape index (κ1) is 22.9. The molecule has 0 aliphatic carbocycles. The molecule has 1 N–H and O–H groups in total. The molecule has 0 saturated carbocycles. The molecule has 34 heavy (non-hydrogen) atoms. The van der Waals surface area contributed by atoms with Crippen LogP contribution in [0.25, 0.3) is 16.8 Å². The zero-order valence-electron chi connectivity index (χ0n) is 19.1. The molecule has 0 fully saturated rings. The van der Waals surface area contributed by atoms with E-state index in [2.05, 4.69) is 5.32 Å². The zero-order chi connectivity index (χ0) is 24.2. The van der Waals surface area contributed by atoms with Gasteiger partial charge in [0.1, 0.15) is 5.82 Å². The second-order valence-corrected chi connectivity index (χ2v) is 8.07. The molecule has 0 aliphatic rings. The highest BCUT2D eigenvalue weighted by Crippen LogP contribution is 2.39. The van der Waals surface area contributed by atoms with Crippen molar-refractivity contribution in [3.63, 3.8) is 0 Å². The third kappa shape index (κ3) is 4.73. The second kappa shape index (κ2) is 9.70. The van der Waals surface area contributed by atoms with Gasteiger partial charge in [-0.3, -0.25) is 9.59 Å². The molecule has 1 heterocycles. The Morgan fingerprint density at radius 1 is 0.941 bits per heavy atom. The van der Waals surface area contributed by atoms with E-state index in [1.165, 1.54) is 25.1 Å². The first-order chi connectivity index (χ1) is 16.3. The fourth-order valence-corrected chi connectivity index (χ4v) is 3.63. The lowest BCUT2D eigenvalue weighted by Crippen LogP contribution is -2.13. The Hall–Kier alpha value is -4.26. The maximum atomic E-state index is 13.9. The normalized spacial score (nSPS) is 10.9. The van der Waals surface area contributed by atoms with Crippen molar-refractivity contribution in [2.45, 2.75) is 26.7 Å². The van der Waals surface area contributed by atoms with E-state index < -0.39 is 17.7 Å². The van der Waals surface area contributed by atoms with Gasteiger partial charge in [0.05, 0.1) is 22.5 Å². The Labute approximate surface area is 197 Å². The highest BCUT2D eigenvalue weighted by molar-refractivity contribution is 6.04. The molecular weight excluding hydrogens is 433 g/mol. The van der Waals surface area contributed by atoms with Gasteiger partial charge in [0, 0.05) is 12.6 Å². The number of halogens is 1. The van der Waals surface area contributed by atoms with Crippen LogP contribution in [-0.2, 0) is 4.79 Å². The molecular formula is C27H24FN3O3. The van der Waals surface area contributed by atoms with Crippen LogP contribution < -0.4 is 10.1 Å². The Morgan fingerprint density at radius 3 is 2.21 bits per heavy atom. The summed E-state index contributed by atoms with van der Waals surface area (Å²) in [6, 6.07) is 22.3. The lowest BCUT2D eigenvalue weighted by molar-refractivity contribution is -0.132. The van der Waals surface area contributed by atoms with Crippen LogP contribution >= 0.6 is 0 Å². The van der Waals surface area contributed by atoms with E-state index in [1.807, 2.05) is 56.3 Å². The minimum Gasteiger partial charge on any atom is -0.407 e. The molecule has 0 atom stereocenters. The van der Waals surface area contributed by atoms with Crippen molar-refractivity contribution in [2.24, 2.45) is 0 Å². The number of rotatable bonds is 6. The lowest BCUT2D eigenvalue weighted by Gasteiger charge is -2.11. The number of amides is 1. The van der Waals surface area contributed by atoms with Crippen LogP contribution in [0.5, 0.6) is 5.88 Å². The molecule has 0 aliphatic heterocycles. The van der Waals surface area contributed by atoms with Gasteiger partial charge in [0.15, 0.2) is 0 Å². The van der Waals surface area contributed by atoms with Gasteiger partial charge in [0.2, 0.25) is 5.88 Å². The predicted octanol–water partition coefficient (Wildman–Crippen LogP) is 5.98. The second-order valence-electron chi connectivity index (χ2n) is 8.07. The fraction of sp³-hybridized carbons (Fsp3) is 0.148. The summed E-state index contributed by atoms with van der Waals surface area (Å²) in [5, 5.41) is 7.47. The van der Waals surface area contributed by atoms with Crippen LogP contribution in [0.15, 0.2) is 78.9 Å². The molecule has 0 radical (unpaired) electrons. The van der Waals surface area contributed by atoms with E-state index in [1.54, 1.807) is 22.9 Å². The molecule has 0 unspecified atom stereocenters. The number of esters is 1. The summed E-state index contributed by atoms with van der Waals surface area (Å²) in [6.45, 7) is 5.38. The summed E-state index contributed by atoms with van der Waals surface area (Å²) in [5.41, 5.74) is 3.47. The lowest BCUT2D eigenvalue weighted by atomic mass is 9.99. The first-order valence-corrected chi connectivity index (χ1v) is 10.9. The van der Waals surface area contributed by atoms with Gasteiger partial charge >= 0.3 is 5.97 Å². The van der Waals surface area contributed by atoms with Crippen molar-refractivity contribution < 1.29 is 18.7 Å². The number of benzene rings is 3. The number of hydrogen-bond acceptors (Lipinski definition) is 4. The van der Waals surface area contributed by atoms with Crippen molar-refractivity contribution in [2.75, 3.05) is 5.32 Å². The number of carbonyl (C=O) groups is 2. The maximum absolute atomic E-state index is 13.9. The molecule has 6 nitrogen and oxygen atoms in total. The number of hydrogen-bond donors (Lipinski definition) is 1. The van der Waals surface area contributed by atoms with E-state index in [9.17, 15) is 14.0 Å². The van der Waals surface area contributed by atoms with Crippen LogP contribution in [0.4, 0.5) is 10.1 Å². The highest BCUT2D eigenvalue weighted by Gasteiger charge is 2.25. The number of nitrogens with zero attached hydrogens (tertiary/aromatic N) is 2. The van der Waals surface area contributed by atoms with Crippen LogP contribution in [0, 0.1) is 5.82 Å². The van der Waals surface area contributed by atoms with E-state index in [4.69, 9.17) is 9.84 Å². The van der Waals surface area contributed by atoms with Crippen LogP contribution in [-0.4, -0.2) is 21.7 Å². The summed E-state index contributed by atoms with van der Waals surface area (Å²) < 4.78 is 21.2. The van der Waals surface area contributed by atoms with Crippen molar-refractivity contribution in [1.82, 2.24) is 9.78 Å². The third-order valence-corrected chi connectivity index (χ3v) is 5.21. The molecule has 1 aromatic heterocycles. The van der Waals surface area contributed by atoms with E-state index in [0.717, 1.165) is 16.9 Å². The highest BCUT2D eigenvalue weighted by atomic mass is 19.1. The van der Waals surface area contributed by atoms with Gasteiger partial charge in [-0.2, -0.15) is 9.78 Å². The van der Waals surface area contributed by atoms with Crippen molar-refractivity contribution in [3.8, 4) is 22.7 Å². The van der Waals surface area contributed by atoms with Gasteiger partial charge in [-0.15, -0.1) is 0 Å². The minimum atomic E-state index is -0.586. The van der Waals surface area contributed by atoms with Crippen molar-refractivity contribution in [3.05, 3.63) is 95.9 Å². The minimum absolute atomic E-state index is 0.0325. The smallest absolute Gasteiger partial charge is 0.309 e. The summed E-state index contributed by atoms with van der Waals surface area (Å²) in [5.74, 6) is -1.20.